The summed E-state index contributed by atoms with van der Waals surface area (Å²) >= 11 is 3.30. The van der Waals surface area contributed by atoms with Crippen molar-refractivity contribution in [2.45, 2.75) is 25.6 Å². The molecule has 136 valence electrons. The van der Waals surface area contributed by atoms with Crippen LogP contribution in [0.2, 0.25) is 0 Å². The summed E-state index contributed by atoms with van der Waals surface area (Å²) in [5, 5.41) is 11.7. The van der Waals surface area contributed by atoms with Crippen molar-refractivity contribution in [2.75, 3.05) is 5.32 Å². The molecule has 1 aromatic carbocycles. The second kappa shape index (κ2) is 7.33. The SMILES string of the molecule is CC(C)(C#N)c1ncc(C(=O)Nc2ccc(OC(F)(F)F)cc2)cc1Br. The third-order valence-corrected chi connectivity index (χ3v) is 3.93. The van der Waals surface area contributed by atoms with Crippen LogP contribution in [-0.4, -0.2) is 17.3 Å². The van der Waals surface area contributed by atoms with Gasteiger partial charge in [0.2, 0.25) is 0 Å². The van der Waals surface area contributed by atoms with Gasteiger partial charge in [-0.3, -0.25) is 9.78 Å². The average molecular weight is 428 g/mol. The number of pyridine rings is 1. The van der Waals surface area contributed by atoms with Gasteiger partial charge in [0.15, 0.2) is 0 Å². The van der Waals surface area contributed by atoms with Crippen molar-refractivity contribution in [3.63, 3.8) is 0 Å². The molecule has 0 bridgehead atoms. The Kier molecular flexibility index (Phi) is 5.56. The third kappa shape index (κ3) is 4.95. The van der Waals surface area contributed by atoms with Gasteiger partial charge in [0, 0.05) is 16.4 Å². The van der Waals surface area contributed by atoms with Crippen LogP contribution in [0, 0.1) is 11.3 Å². The highest BCUT2D eigenvalue weighted by atomic mass is 79.9. The van der Waals surface area contributed by atoms with Gasteiger partial charge in [-0.25, -0.2) is 0 Å². The largest absolute Gasteiger partial charge is 0.573 e. The fourth-order valence-corrected chi connectivity index (χ4v) is 2.86. The van der Waals surface area contributed by atoms with Gasteiger partial charge in [0.25, 0.3) is 5.91 Å². The van der Waals surface area contributed by atoms with Crippen LogP contribution in [-0.2, 0) is 5.41 Å². The summed E-state index contributed by atoms with van der Waals surface area (Å²) in [4.78, 5) is 16.4. The molecule has 9 heteroatoms. The Balaban J connectivity index is 2.13. The molecule has 2 rings (SSSR count). The molecule has 26 heavy (non-hydrogen) atoms. The van der Waals surface area contributed by atoms with Crippen molar-refractivity contribution < 1.29 is 22.7 Å². The van der Waals surface area contributed by atoms with Crippen LogP contribution < -0.4 is 10.1 Å². The van der Waals surface area contributed by atoms with Crippen LogP contribution in [0.25, 0.3) is 0 Å². The molecule has 0 fully saturated rings. The number of carbonyl (C=O) groups is 1. The number of anilines is 1. The van der Waals surface area contributed by atoms with Crippen LogP contribution >= 0.6 is 15.9 Å². The van der Waals surface area contributed by atoms with Gasteiger partial charge in [0.05, 0.1) is 22.7 Å². The van der Waals surface area contributed by atoms with E-state index in [2.05, 4.69) is 37.0 Å². The lowest BCUT2D eigenvalue weighted by Crippen LogP contribution is -2.19. The van der Waals surface area contributed by atoms with Gasteiger partial charge in [0.1, 0.15) is 5.75 Å². The number of hydrogen-bond donors (Lipinski definition) is 1. The fraction of sp³-hybridized carbons (Fsp3) is 0.235. The standard InChI is InChI=1S/C17H13BrF3N3O2/c1-16(2,9-22)14-13(18)7-10(8-23-14)15(25)24-11-3-5-12(6-4-11)26-17(19,20)21/h3-8H,1-2H3,(H,24,25). The normalized spacial score (nSPS) is 11.6. The Morgan fingerprint density at radius 3 is 2.38 bits per heavy atom. The first-order chi connectivity index (χ1) is 12.0. The summed E-state index contributed by atoms with van der Waals surface area (Å²) in [6.07, 6.45) is -3.45. The number of nitrogens with zero attached hydrogens (tertiary/aromatic N) is 2. The first-order valence-corrected chi connectivity index (χ1v) is 8.05. The van der Waals surface area contributed by atoms with E-state index < -0.39 is 17.7 Å². The molecule has 0 spiro atoms. The summed E-state index contributed by atoms with van der Waals surface area (Å²) in [5.74, 6) is -0.882. The monoisotopic (exact) mass is 427 g/mol. The Labute approximate surface area is 155 Å². The minimum atomic E-state index is -4.78. The molecule has 1 heterocycles. The number of halogens is 4. The molecule has 0 aliphatic carbocycles. The van der Waals surface area contributed by atoms with E-state index >= 15 is 0 Å². The minimum Gasteiger partial charge on any atom is -0.406 e. The van der Waals surface area contributed by atoms with Crippen molar-refractivity contribution in [1.29, 1.82) is 5.26 Å². The molecule has 5 nitrogen and oxygen atoms in total. The van der Waals surface area contributed by atoms with E-state index in [4.69, 9.17) is 5.26 Å². The Hall–Kier alpha value is -2.60. The lowest BCUT2D eigenvalue weighted by Gasteiger charge is -2.16. The number of alkyl halides is 3. The quantitative estimate of drug-likeness (QED) is 0.760. The van der Waals surface area contributed by atoms with E-state index in [1.807, 2.05) is 0 Å². The summed E-state index contributed by atoms with van der Waals surface area (Å²) in [6.45, 7) is 3.40. The van der Waals surface area contributed by atoms with Gasteiger partial charge in [-0.15, -0.1) is 13.2 Å². The fourth-order valence-electron chi connectivity index (χ4n) is 2.02. The molecule has 0 saturated carbocycles. The highest BCUT2D eigenvalue weighted by Crippen LogP contribution is 2.28. The third-order valence-electron chi connectivity index (χ3n) is 3.32. The van der Waals surface area contributed by atoms with Crippen LogP contribution in [0.4, 0.5) is 18.9 Å². The zero-order chi connectivity index (χ0) is 19.5. The van der Waals surface area contributed by atoms with Crippen LogP contribution in [0.1, 0.15) is 29.9 Å². The van der Waals surface area contributed by atoms with Gasteiger partial charge < -0.3 is 10.1 Å². The molecule has 2 aromatic rings. The minimum absolute atomic E-state index is 0.227. The summed E-state index contributed by atoms with van der Waals surface area (Å²) in [6, 6.07) is 8.41. The number of ether oxygens (including phenoxy) is 1. The number of rotatable bonds is 4. The van der Waals surface area contributed by atoms with E-state index in [9.17, 15) is 18.0 Å². The molecule has 0 aliphatic heterocycles. The molecule has 1 aromatic heterocycles. The number of carbonyl (C=O) groups excluding carboxylic acids is 1. The van der Waals surface area contributed by atoms with Crippen molar-refractivity contribution in [1.82, 2.24) is 4.98 Å². The number of benzene rings is 1. The second-order valence-electron chi connectivity index (χ2n) is 5.82. The summed E-state index contributed by atoms with van der Waals surface area (Å²) < 4.78 is 40.7. The topological polar surface area (TPSA) is 75.0 Å². The lowest BCUT2D eigenvalue weighted by atomic mass is 9.90. The molecular formula is C17H13BrF3N3O2. The lowest BCUT2D eigenvalue weighted by molar-refractivity contribution is -0.274. The number of hydrogen-bond acceptors (Lipinski definition) is 4. The maximum absolute atomic E-state index is 12.3. The second-order valence-corrected chi connectivity index (χ2v) is 6.67. The van der Waals surface area contributed by atoms with E-state index in [-0.39, 0.29) is 11.3 Å². The van der Waals surface area contributed by atoms with Crippen LogP contribution in [0.5, 0.6) is 5.75 Å². The van der Waals surface area contributed by atoms with Crippen molar-refractivity contribution in [3.05, 3.63) is 52.3 Å². The molecule has 0 radical (unpaired) electrons. The van der Waals surface area contributed by atoms with Gasteiger partial charge in [-0.2, -0.15) is 5.26 Å². The van der Waals surface area contributed by atoms with Gasteiger partial charge >= 0.3 is 6.36 Å². The van der Waals surface area contributed by atoms with Crippen molar-refractivity contribution >= 4 is 27.5 Å². The smallest absolute Gasteiger partial charge is 0.406 e. The Bertz CT molecular complexity index is 859. The number of aromatic nitrogens is 1. The zero-order valence-corrected chi connectivity index (χ0v) is 15.3. The van der Waals surface area contributed by atoms with E-state index in [0.29, 0.717) is 15.9 Å². The van der Waals surface area contributed by atoms with E-state index in [0.717, 1.165) is 12.1 Å². The number of amides is 1. The summed E-state index contributed by atoms with van der Waals surface area (Å²) in [5.41, 5.74) is 0.180. The van der Waals surface area contributed by atoms with Crippen molar-refractivity contribution in [3.8, 4) is 11.8 Å². The number of nitriles is 1. The zero-order valence-electron chi connectivity index (χ0n) is 13.7. The highest BCUT2D eigenvalue weighted by Gasteiger charge is 2.31. The Morgan fingerprint density at radius 2 is 1.88 bits per heavy atom. The molecule has 0 unspecified atom stereocenters. The molecule has 0 saturated heterocycles. The Morgan fingerprint density at radius 1 is 1.27 bits per heavy atom. The van der Waals surface area contributed by atoms with Gasteiger partial charge in [-0.05, 0) is 60.1 Å². The molecular weight excluding hydrogens is 415 g/mol. The van der Waals surface area contributed by atoms with Crippen LogP contribution in [0.3, 0.4) is 0 Å². The molecule has 1 amide bonds. The molecule has 1 N–H and O–H groups in total. The summed E-state index contributed by atoms with van der Waals surface area (Å²) in [7, 11) is 0. The average Bonchev–Trinajstić information content (AvgIpc) is 2.55. The van der Waals surface area contributed by atoms with Gasteiger partial charge in [-0.1, -0.05) is 0 Å². The first kappa shape index (κ1) is 19.7. The van der Waals surface area contributed by atoms with Crippen LogP contribution in [0.15, 0.2) is 41.0 Å². The van der Waals surface area contributed by atoms with E-state index in [1.54, 1.807) is 13.8 Å². The maximum Gasteiger partial charge on any atom is 0.573 e. The predicted molar refractivity (Wildman–Crippen MR) is 91.7 cm³/mol. The van der Waals surface area contributed by atoms with Crippen molar-refractivity contribution in [2.24, 2.45) is 0 Å². The molecule has 0 atom stereocenters. The van der Waals surface area contributed by atoms with E-state index in [1.165, 1.54) is 24.4 Å². The number of nitrogens with one attached hydrogen (secondary N) is 1. The molecule has 0 aliphatic rings. The maximum atomic E-state index is 12.3. The first-order valence-electron chi connectivity index (χ1n) is 7.26. The highest BCUT2D eigenvalue weighted by molar-refractivity contribution is 9.10. The predicted octanol–water partition coefficient (Wildman–Crippen LogP) is 4.80.